The maximum absolute atomic E-state index is 13.0. The molecule has 1 N–H and O–H groups in total. The van der Waals surface area contributed by atoms with Gasteiger partial charge in [0, 0.05) is 0 Å². The summed E-state index contributed by atoms with van der Waals surface area (Å²) in [4.78, 5) is 11.0. The molecule has 0 bridgehead atoms. The van der Waals surface area contributed by atoms with Gasteiger partial charge >= 0.3 is 12.1 Å². The third-order valence-corrected chi connectivity index (χ3v) is 3.36. The molecule has 3 nitrogen and oxygen atoms in total. The van der Waals surface area contributed by atoms with Crippen LogP contribution in [0.1, 0.15) is 15.9 Å². The summed E-state index contributed by atoms with van der Waals surface area (Å²) in [6, 6.07) is 7.53. The molecule has 0 saturated carbocycles. The van der Waals surface area contributed by atoms with E-state index in [1.807, 2.05) is 0 Å². The van der Waals surface area contributed by atoms with E-state index in [0.717, 1.165) is 13.2 Å². The molecule has 2 aromatic rings. The Morgan fingerprint density at radius 2 is 1.73 bits per heavy atom. The van der Waals surface area contributed by atoms with Crippen LogP contribution in [0, 0.1) is 0 Å². The summed E-state index contributed by atoms with van der Waals surface area (Å²) in [5.74, 6) is -1.56. The number of rotatable bonds is 3. The zero-order valence-corrected chi connectivity index (χ0v) is 12.0. The van der Waals surface area contributed by atoms with Crippen LogP contribution >= 0.6 is 11.6 Å². The van der Waals surface area contributed by atoms with Crippen LogP contribution in [0.4, 0.5) is 13.2 Å². The largest absolute Gasteiger partial charge is 0.496 e. The van der Waals surface area contributed by atoms with Gasteiger partial charge < -0.3 is 9.84 Å². The molecule has 0 atom stereocenters. The van der Waals surface area contributed by atoms with E-state index in [2.05, 4.69) is 0 Å². The fourth-order valence-electron chi connectivity index (χ4n) is 1.98. The molecule has 22 heavy (non-hydrogen) atoms. The molecule has 0 saturated heterocycles. The topological polar surface area (TPSA) is 46.5 Å². The van der Waals surface area contributed by atoms with E-state index >= 15 is 0 Å². The SMILES string of the molecule is COc1ccc(-c2ccc(Cl)c(C(=O)O)c2)cc1C(F)(F)F. The lowest BCUT2D eigenvalue weighted by molar-refractivity contribution is -0.138. The van der Waals surface area contributed by atoms with Crippen LogP contribution in [0.15, 0.2) is 36.4 Å². The smallest absolute Gasteiger partial charge is 0.419 e. The summed E-state index contributed by atoms with van der Waals surface area (Å²) in [5.41, 5.74) is -0.579. The second-order valence-corrected chi connectivity index (χ2v) is 4.82. The molecule has 0 heterocycles. The molecule has 0 aliphatic rings. The van der Waals surface area contributed by atoms with Gasteiger partial charge in [-0.1, -0.05) is 23.7 Å². The monoisotopic (exact) mass is 330 g/mol. The summed E-state index contributed by atoms with van der Waals surface area (Å²) in [6.45, 7) is 0. The number of ether oxygens (including phenoxy) is 1. The summed E-state index contributed by atoms with van der Waals surface area (Å²) in [5, 5.41) is 9.03. The van der Waals surface area contributed by atoms with Gasteiger partial charge in [-0.2, -0.15) is 13.2 Å². The van der Waals surface area contributed by atoms with Crippen molar-refractivity contribution in [3.8, 4) is 16.9 Å². The maximum Gasteiger partial charge on any atom is 0.419 e. The molecule has 0 radical (unpaired) electrons. The Labute approximate surface area is 128 Å². The minimum absolute atomic E-state index is 0.0146. The fraction of sp³-hybridized carbons (Fsp3) is 0.133. The number of alkyl halides is 3. The van der Waals surface area contributed by atoms with Crippen LogP contribution in [0.3, 0.4) is 0 Å². The van der Waals surface area contributed by atoms with Crippen molar-refractivity contribution in [1.29, 1.82) is 0 Å². The number of hydrogen-bond donors (Lipinski definition) is 1. The van der Waals surface area contributed by atoms with Gasteiger partial charge in [-0.25, -0.2) is 4.79 Å². The predicted molar refractivity (Wildman–Crippen MR) is 75.4 cm³/mol. The second-order valence-electron chi connectivity index (χ2n) is 4.41. The van der Waals surface area contributed by atoms with Crippen molar-refractivity contribution in [2.75, 3.05) is 7.11 Å². The molecular weight excluding hydrogens is 321 g/mol. The highest BCUT2D eigenvalue weighted by Crippen LogP contribution is 2.39. The van der Waals surface area contributed by atoms with E-state index in [1.165, 1.54) is 30.3 Å². The molecule has 0 aromatic heterocycles. The highest BCUT2D eigenvalue weighted by Gasteiger charge is 2.34. The van der Waals surface area contributed by atoms with Crippen molar-refractivity contribution in [2.45, 2.75) is 6.18 Å². The van der Waals surface area contributed by atoms with Gasteiger partial charge in [0.15, 0.2) is 0 Å². The molecule has 0 fully saturated rings. The third-order valence-electron chi connectivity index (χ3n) is 3.03. The van der Waals surface area contributed by atoms with Gasteiger partial charge in [-0.05, 0) is 35.4 Å². The maximum atomic E-state index is 13.0. The first kappa shape index (κ1) is 16.2. The van der Waals surface area contributed by atoms with Gasteiger partial charge in [-0.3, -0.25) is 0 Å². The molecule has 2 rings (SSSR count). The summed E-state index contributed by atoms with van der Waals surface area (Å²) < 4.78 is 43.7. The highest BCUT2D eigenvalue weighted by atomic mass is 35.5. The molecule has 0 aliphatic carbocycles. The fourth-order valence-corrected chi connectivity index (χ4v) is 2.18. The molecule has 0 spiro atoms. The number of methoxy groups -OCH3 is 1. The molecular formula is C15H10ClF3O3. The number of carbonyl (C=O) groups is 1. The van der Waals surface area contributed by atoms with E-state index in [0.29, 0.717) is 5.56 Å². The van der Waals surface area contributed by atoms with Crippen LogP contribution in [-0.2, 0) is 6.18 Å². The lowest BCUT2D eigenvalue weighted by Crippen LogP contribution is -2.07. The lowest BCUT2D eigenvalue weighted by atomic mass is 10.00. The summed E-state index contributed by atoms with van der Waals surface area (Å²) in [7, 11) is 1.15. The number of carboxylic acids is 1. The zero-order valence-electron chi connectivity index (χ0n) is 11.2. The van der Waals surface area contributed by atoms with Crippen molar-refractivity contribution < 1.29 is 27.8 Å². The van der Waals surface area contributed by atoms with E-state index in [9.17, 15) is 18.0 Å². The van der Waals surface area contributed by atoms with Gasteiger partial charge in [0.1, 0.15) is 5.75 Å². The van der Waals surface area contributed by atoms with E-state index < -0.39 is 17.7 Å². The Hall–Kier alpha value is -2.21. The first-order chi connectivity index (χ1) is 10.2. The molecule has 7 heteroatoms. The number of benzene rings is 2. The quantitative estimate of drug-likeness (QED) is 0.884. The first-order valence-electron chi connectivity index (χ1n) is 6.02. The Bertz CT molecular complexity index is 726. The number of halogens is 4. The van der Waals surface area contributed by atoms with Crippen LogP contribution in [0.25, 0.3) is 11.1 Å². The standard InChI is InChI=1S/C15H10ClF3O3/c1-22-13-5-3-9(7-11(13)15(17,18)19)8-2-4-12(16)10(6-8)14(20)21/h2-7H,1H3,(H,20,21). The predicted octanol–water partition coefficient (Wildman–Crippen LogP) is 4.73. The Kier molecular flexibility index (Phi) is 4.32. The normalized spacial score (nSPS) is 11.3. The second kappa shape index (κ2) is 5.88. The molecule has 0 amide bonds. The van der Waals surface area contributed by atoms with E-state index in [4.69, 9.17) is 21.4 Å². The summed E-state index contributed by atoms with van der Waals surface area (Å²) in [6.07, 6.45) is -4.58. The van der Waals surface area contributed by atoms with Crippen LogP contribution in [0.5, 0.6) is 5.75 Å². The average Bonchev–Trinajstić information content (AvgIpc) is 2.46. The van der Waals surface area contributed by atoms with Gasteiger partial charge in [0.2, 0.25) is 0 Å². The van der Waals surface area contributed by atoms with E-state index in [-0.39, 0.29) is 21.9 Å². The Morgan fingerprint density at radius 3 is 2.27 bits per heavy atom. The molecule has 0 aliphatic heterocycles. The lowest BCUT2D eigenvalue weighted by Gasteiger charge is -2.14. The van der Waals surface area contributed by atoms with Crippen molar-refractivity contribution in [2.24, 2.45) is 0 Å². The van der Waals surface area contributed by atoms with Crippen molar-refractivity contribution >= 4 is 17.6 Å². The first-order valence-corrected chi connectivity index (χ1v) is 6.40. The van der Waals surface area contributed by atoms with Crippen LogP contribution in [0.2, 0.25) is 5.02 Å². The van der Waals surface area contributed by atoms with Crippen LogP contribution in [-0.4, -0.2) is 18.2 Å². The van der Waals surface area contributed by atoms with Crippen molar-refractivity contribution in [3.63, 3.8) is 0 Å². The minimum Gasteiger partial charge on any atom is -0.496 e. The average molecular weight is 331 g/mol. The van der Waals surface area contributed by atoms with E-state index in [1.54, 1.807) is 0 Å². The van der Waals surface area contributed by atoms with Gasteiger partial charge in [0.05, 0.1) is 23.3 Å². The van der Waals surface area contributed by atoms with Crippen molar-refractivity contribution in [1.82, 2.24) is 0 Å². The molecule has 116 valence electrons. The van der Waals surface area contributed by atoms with Gasteiger partial charge in [-0.15, -0.1) is 0 Å². The highest BCUT2D eigenvalue weighted by molar-refractivity contribution is 6.33. The van der Waals surface area contributed by atoms with Gasteiger partial charge in [0.25, 0.3) is 0 Å². The van der Waals surface area contributed by atoms with Crippen molar-refractivity contribution in [3.05, 3.63) is 52.5 Å². The number of hydrogen-bond acceptors (Lipinski definition) is 2. The van der Waals surface area contributed by atoms with Crippen LogP contribution < -0.4 is 4.74 Å². The molecule has 2 aromatic carbocycles. The number of carboxylic acid groups (broad SMARTS) is 1. The summed E-state index contributed by atoms with van der Waals surface area (Å²) >= 11 is 5.75. The zero-order chi connectivity index (χ0) is 16.5. The third kappa shape index (κ3) is 3.17. The Balaban J connectivity index is 2.59. The minimum atomic E-state index is -4.58. The number of aromatic carboxylic acids is 1. The Morgan fingerprint density at radius 1 is 1.14 bits per heavy atom. The molecule has 0 unspecified atom stereocenters.